The van der Waals surface area contributed by atoms with Gasteiger partial charge in [0.25, 0.3) is 0 Å². The highest BCUT2D eigenvalue weighted by Crippen LogP contribution is 2.17. The Morgan fingerprint density at radius 1 is 1.43 bits per heavy atom. The van der Waals surface area contributed by atoms with Gasteiger partial charge in [0.1, 0.15) is 11.6 Å². The smallest absolute Gasteiger partial charge is 0.335 e. The van der Waals surface area contributed by atoms with Gasteiger partial charge in [0.2, 0.25) is 0 Å². The molecule has 0 unspecified atom stereocenters. The Morgan fingerprint density at radius 2 is 2.19 bits per heavy atom. The lowest BCUT2D eigenvalue weighted by atomic mass is 10.1. The molecule has 21 heavy (non-hydrogen) atoms. The fourth-order valence-corrected chi connectivity index (χ4v) is 2.12. The highest BCUT2D eigenvalue weighted by atomic mass is 16.4. The Hall–Kier alpha value is -2.37. The third kappa shape index (κ3) is 3.59. The number of pyridine rings is 1. The van der Waals surface area contributed by atoms with E-state index >= 15 is 0 Å². The number of carbonyl (C=O) groups is 1. The number of aromatic nitrogens is 3. The van der Waals surface area contributed by atoms with E-state index in [2.05, 4.69) is 9.97 Å². The van der Waals surface area contributed by atoms with Gasteiger partial charge in [-0.1, -0.05) is 13.3 Å². The quantitative estimate of drug-likeness (QED) is 0.881. The topological polar surface area (TPSA) is 71.2 Å². The van der Waals surface area contributed by atoms with Crippen molar-refractivity contribution in [2.45, 2.75) is 26.3 Å². The molecule has 0 aliphatic carbocycles. The molecule has 112 valence electrons. The molecule has 6 heteroatoms. The molecule has 2 aromatic heterocycles. The second kappa shape index (κ2) is 6.39. The van der Waals surface area contributed by atoms with Crippen molar-refractivity contribution in [2.24, 2.45) is 7.05 Å². The minimum absolute atomic E-state index is 0.273. The van der Waals surface area contributed by atoms with Gasteiger partial charge < -0.3 is 14.6 Å². The van der Waals surface area contributed by atoms with Crippen LogP contribution >= 0.6 is 0 Å². The zero-order valence-electron chi connectivity index (χ0n) is 12.6. The van der Waals surface area contributed by atoms with Crippen LogP contribution in [0.15, 0.2) is 24.5 Å². The first-order valence-corrected chi connectivity index (χ1v) is 6.93. The van der Waals surface area contributed by atoms with Gasteiger partial charge >= 0.3 is 5.97 Å². The predicted octanol–water partition coefficient (Wildman–Crippen LogP) is 2.10. The van der Waals surface area contributed by atoms with Gasteiger partial charge in [-0.05, 0) is 18.6 Å². The molecular weight excluding hydrogens is 268 g/mol. The number of anilines is 1. The Bertz CT molecular complexity index is 636. The first-order chi connectivity index (χ1) is 10.0. The zero-order chi connectivity index (χ0) is 15.4. The number of carboxylic acid groups (broad SMARTS) is 1. The van der Waals surface area contributed by atoms with E-state index in [0.29, 0.717) is 12.4 Å². The summed E-state index contributed by atoms with van der Waals surface area (Å²) in [5, 5.41) is 9.22. The number of aryl methyl sites for hydroxylation is 2. The lowest BCUT2D eigenvalue weighted by Gasteiger charge is -2.19. The number of carboxylic acids is 1. The van der Waals surface area contributed by atoms with Crippen LogP contribution < -0.4 is 4.90 Å². The van der Waals surface area contributed by atoms with Gasteiger partial charge in [-0.2, -0.15) is 0 Å². The molecule has 0 amide bonds. The summed E-state index contributed by atoms with van der Waals surface area (Å²) in [6.45, 7) is 2.62. The molecule has 2 aromatic rings. The van der Waals surface area contributed by atoms with E-state index in [1.54, 1.807) is 18.3 Å². The van der Waals surface area contributed by atoms with Crippen molar-refractivity contribution in [3.63, 3.8) is 0 Å². The standard InChI is InChI=1S/C15H20N4O2/c1-4-5-12-8-11(15(20)21)9-13(17-12)19(3)10-14-16-6-7-18(14)2/h6-9H,4-5,10H2,1-3H3,(H,20,21). The maximum absolute atomic E-state index is 11.2. The van der Waals surface area contributed by atoms with E-state index in [1.807, 2.05) is 36.7 Å². The van der Waals surface area contributed by atoms with Crippen molar-refractivity contribution in [3.05, 3.63) is 41.6 Å². The average Bonchev–Trinajstić information content (AvgIpc) is 2.84. The van der Waals surface area contributed by atoms with Crippen LogP contribution in [0.4, 0.5) is 5.82 Å². The molecule has 1 N–H and O–H groups in total. The third-order valence-electron chi connectivity index (χ3n) is 3.31. The van der Waals surface area contributed by atoms with E-state index in [-0.39, 0.29) is 5.56 Å². The van der Waals surface area contributed by atoms with Crippen molar-refractivity contribution in [1.82, 2.24) is 14.5 Å². The lowest BCUT2D eigenvalue weighted by Crippen LogP contribution is -2.21. The van der Waals surface area contributed by atoms with Gasteiger partial charge in [0, 0.05) is 32.2 Å². The summed E-state index contributed by atoms with van der Waals surface area (Å²) in [5.41, 5.74) is 1.08. The van der Waals surface area contributed by atoms with Gasteiger partial charge in [-0.3, -0.25) is 0 Å². The van der Waals surface area contributed by atoms with Gasteiger partial charge in [-0.25, -0.2) is 14.8 Å². The molecule has 0 saturated heterocycles. The van der Waals surface area contributed by atoms with E-state index in [1.165, 1.54) is 0 Å². The van der Waals surface area contributed by atoms with Crippen LogP contribution in [0, 0.1) is 0 Å². The Labute approximate surface area is 124 Å². The molecule has 0 fully saturated rings. The number of rotatable bonds is 6. The number of aromatic carboxylic acids is 1. The van der Waals surface area contributed by atoms with Crippen molar-refractivity contribution in [2.75, 3.05) is 11.9 Å². The van der Waals surface area contributed by atoms with Crippen LogP contribution in [-0.2, 0) is 20.0 Å². The van der Waals surface area contributed by atoms with Crippen LogP contribution in [0.2, 0.25) is 0 Å². The molecule has 0 radical (unpaired) electrons. The van der Waals surface area contributed by atoms with Crippen molar-refractivity contribution in [3.8, 4) is 0 Å². The van der Waals surface area contributed by atoms with Gasteiger partial charge in [-0.15, -0.1) is 0 Å². The molecule has 0 atom stereocenters. The van der Waals surface area contributed by atoms with Crippen LogP contribution in [-0.4, -0.2) is 32.7 Å². The summed E-state index contributed by atoms with van der Waals surface area (Å²) < 4.78 is 1.94. The molecule has 2 rings (SSSR count). The predicted molar refractivity (Wildman–Crippen MR) is 80.5 cm³/mol. The second-order valence-electron chi connectivity index (χ2n) is 5.07. The first kappa shape index (κ1) is 15.0. The normalized spacial score (nSPS) is 10.6. The van der Waals surface area contributed by atoms with Crippen molar-refractivity contribution >= 4 is 11.8 Å². The fourth-order valence-electron chi connectivity index (χ4n) is 2.12. The number of hydrogen-bond acceptors (Lipinski definition) is 4. The molecule has 0 bridgehead atoms. The third-order valence-corrected chi connectivity index (χ3v) is 3.31. The summed E-state index contributed by atoms with van der Waals surface area (Å²) in [5.74, 6) is 0.625. The summed E-state index contributed by atoms with van der Waals surface area (Å²) in [6, 6.07) is 3.24. The van der Waals surface area contributed by atoms with E-state index in [9.17, 15) is 9.90 Å². The molecule has 0 spiro atoms. The summed E-state index contributed by atoms with van der Waals surface area (Å²) in [7, 11) is 3.82. The number of imidazole rings is 1. The number of hydrogen-bond donors (Lipinski definition) is 1. The van der Waals surface area contributed by atoms with Crippen molar-refractivity contribution < 1.29 is 9.90 Å². The van der Waals surface area contributed by atoms with Crippen LogP contribution in [0.5, 0.6) is 0 Å². The minimum Gasteiger partial charge on any atom is -0.478 e. The SMILES string of the molecule is CCCc1cc(C(=O)O)cc(N(C)Cc2nccn2C)n1. The Balaban J connectivity index is 2.28. The summed E-state index contributed by atoms with van der Waals surface area (Å²) in [6.07, 6.45) is 5.32. The second-order valence-corrected chi connectivity index (χ2v) is 5.07. The fraction of sp³-hybridized carbons (Fsp3) is 0.400. The maximum Gasteiger partial charge on any atom is 0.335 e. The number of nitrogens with zero attached hydrogens (tertiary/aromatic N) is 4. The van der Waals surface area contributed by atoms with Gasteiger partial charge in [0.15, 0.2) is 0 Å². The van der Waals surface area contributed by atoms with Gasteiger partial charge in [0.05, 0.1) is 12.1 Å². The van der Waals surface area contributed by atoms with Crippen LogP contribution in [0.3, 0.4) is 0 Å². The monoisotopic (exact) mass is 288 g/mol. The van der Waals surface area contributed by atoms with Crippen LogP contribution in [0.1, 0.15) is 35.2 Å². The zero-order valence-corrected chi connectivity index (χ0v) is 12.6. The minimum atomic E-state index is -0.929. The largest absolute Gasteiger partial charge is 0.478 e. The van der Waals surface area contributed by atoms with E-state index < -0.39 is 5.97 Å². The average molecular weight is 288 g/mol. The summed E-state index contributed by atoms with van der Waals surface area (Å²) >= 11 is 0. The molecule has 2 heterocycles. The molecule has 0 aliphatic rings. The van der Waals surface area contributed by atoms with Crippen molar-refractivity contribution in [1.29, 1.82) is 0 Å². The maximum atomic E-state index is 11.2. The Morgan fingerprint density at radius 3 is 2.76 bits per heavy atom. The first-order valence-electron chi connectivity index (χ1n) is 6.93. The molecule has 0 aliphatic heterocycles. The lowest BCUT2D eigenvalue weighted by molar-refractivity contribution is 0.0696. The molecule has 0 saturated carbocycles. The molecular formula is C15H20N4O2. The van der Waals surface area contributed by atoms with E-state index in [0.717, 1.165) is 24.4 Å². The molecule has 0 aromatic carbocycles. The van der Waals surface area contributed by atoms with Crippen LogP contribution in [0.25, 0.3) is 0 Å². The summed E-state index contributed by atoms with van der Waals surface area (Å²) in [4.78, 5) is 22.0. The highest BCUT2D eigenvalue weighted by Gasteiger charge is 2.12. The molecule has 6 nitrogen and oxygen atoms in total. The highest BCUT2D eigenvalue weighted by molar-refractivity contribution is 5.88. The Kier molecular flexibility index (Phi) is 4.57. The van der Waals surface area contributed by atoms with E-state index in [4.69, 9.17) is 0 Å².